The Labute approximate surface area is 223 Å². The van der Waals surface area contributed by atoms with Crippen molar-refractivity contribution < 1.29 is 24.3 Å². The fraction of sp³-hybridized carbons (Fsp3) is 0.125. The van der Waals surface area contributed by atoms with Gasteiger partial charge >= 0.3 is 5.97 Å². The van der Waals surface area contributed by atoms with Gasteiger partial charge in [0.2, 0.25) is 11.8 Å². The zero-order valence-electron chi connectivity index (χ0n) is 20.6. The number of carbonyl (C=O) groups is 4. The quantitative estimate of drug-likeness (QED) is 0.372. The molecule has 0 aromatic heterocycles. The number of carboxylic acid groups (broad SMARTS) is 1. The van der Waals surface area contributed by atoms with Crippen molar-refractivity contribution in [2.75, 3.05) is 10.2 Å². The number of hydrogen-bond donors (Lipinski definition) is 2. The Hall–Kier alpha value is -5.04. The van der Waals surface area contributed by atoms with E-state index in [0.717, 1.165) is 22.3 Å². The van der Waals surface area contributed by atoms with E-state index in [0.29, 0.717) is 11.4 Å². The topological polar surface area (TPSA) is 104 Å². The van der Waals surface area contributed by atoms with Crippen LogP contribution in [0, 0.1) is 11.8 Å². The third kappa shape index (κ3) is 3.36. The van der Waals surface area contributed by atoms with Crippen LogP contribution in [-0.2, 0) is 9.59 Å². The number of benzene rings is 4. The molecule has 0 spiro atoms. The molecule has 1 heterocycles. The first-order valence-corrected chi connectivity index (χ1v) is 12.7. The van der Waals surface area contributed by atoms with E-state index in [1.807, 2.05) is 24.3 Å². The summed E-state index contributed by atoms with van der Waals surface area (Å²) >= 11 is 0. The molecule has 0 saturated carbocycles. The van der Waals surface area contributed by atoms with Gasteiger partial charge in [0, 0.05) is 23.1 Å². The molecule has 39 heavy (non-hydrogen) atoms. The van der Waals surface area contributed by atoms with E-state index in [2.05, 4.69) is 29.6 Å². The van der Waals surface area contributed by atoms with Crippen LogP contribution in [0.25, 0.3) is 0 Å². The van der Waals surface area contributed by atoms with Crippen LogP contribution in [0.2, 0.25) is 0 Å². The van der Waals surface area contributed by atoms with E-state index in [1.165, 1.54) is 23.1 Å². The maximum atomic E-state index is 14.0. The molecular formula is C32H22N2O5. The molecule has 4 aromatic rings. The number of carbonyl (C=O) groups excluding carboxylic acids is 3. The van der Waals surface area contributed by atoms with Crippen molar-refractivity contribution in [1.29, 1.82) is 0 Å². The molecule has 7 nitrogen and oxygen atoms in total. The van der Waals surface area contributed by atoms with Gasteiger partial charge in [0.05, 0.1) is 23.1 Å². The highest BCUT2D eigenvalue weighted by atomic mass is 16.4. The van der Waals surface area contributed by atoms with Gasteiger partial charge in [-0.15, -0.1) is 0 Å². The molecule has 1 fully saturated rings. The number of anilines is 2. The van der Waals surface area contributed by atoms with Crippen LogP contribution >= 0.6 is 0 Å². The monoisotopic (exact) mass is 514 g/mol. The Morgan fingerprint density at radius 3 is 1.69 bits per heavy atom. The summed E-state index contributed by atoms with van der Waals surface area (Å²) in [5.41, 5.74) is 5.37. The number of rotatable bonds is 4. The van der Waals surface area contributed by atoms with Crippen molar-refractivity contribution in [2.24, 2.45) is 11.8 Å². The normalized spacial score (nSPS) is 22.2. The molecule has 4 aromatic carbocycles. The average Bonchev–Trinajstić information content (AvgIpc) is 3.23. The van der Waals surface area contributed by atoms with Crippen LogP contribution in [-0.4, -0.2) is 28.8 Å². The predicted molar refractivity (Wildman–Crippen MR) is 144 cm³/mol. The van der Waals surface area contributed by atoms with E-state index in [9.17, 15) is 24.3 Å². The number of aromatic carboxylic acids is 1. The van der Waals surface area contributed by atoms with Gasteiger partial charge in [-0.2, -0.15) is 0 Å². The molecule has 1 aliphatic heterocycles. The second-order valence-electron chi connectivity index (χ2n) is 10.2. The van der Waals surface area contributed by atoms with Gasteiger partial charge < -0.3 is 10.4 Å². The second kappa shape index (κ2) is 8.49. The zero-order chi connectivity index (χ0) is 26.8. The Bertz CT molecular complexity index is 1610. The van der Waals surface area contributed by atoms with E-state index >= 15 is 0 Å². The summed E-state index contributed by atoms with van der Waals surface area (Å²) in [5.74, 6) is -3.52. The fourth-order valence-electron chi connectivity index (χ4n) is 6.65. The van der Waals surface area contributed by atoms with E-state index in [1.54, 1.807) is 30.3 Å². The molecule has 7 heteroatoms. The van der Waals surface area contributed by atoms with Crippen molar-refractivity contribution in [3.05, 3.63) is 130 Å². The molecular weight excluding hydrogens is 492 g/mol. The average molecular weight is 515 g/mol. The SMILES string of the molecule is O=C(O)c1cccc(NC(=O)c2cccc(N3C(=O)[C@@H]4C5c6ccccc6C(c6ccccc65)[C@@H]4C3=O)c2)c1. The van der Waals surface area contributed by atoms with E-state index in [4.69, 9.17) is 0 Å². The van der Waals surface area contributed by atoms with Gasteiger partial charge in [0.25, 0.3) is 5.91 Å². The summed E-state index contributed by atoms with van der Waals surface area (Å²) in [6, 6.07) is 28.5. The van der Waals surface area contributed by atoms with Gasteiger partial charge in [-0.1, -0.05) is 60.7 Å². The number of nitrogens with zero attached hydrogens (tertiary/aromatic N) is 1. The van der Waals surface area contributed by atoms with Crippen LogP contribution < -0.4 is 10.2 Å². The first-order valence-electron chi connectivity index (χ1n) is 12.7. The molecule has 190 valence electrons. The number of nitrogens with one attached hydrogen (secondary N) is 1. The molecule has 0 radical (unpaired) electrons. The van der Waals surface area contributed by atoms with Gasteiger partial charge in [-0.25, -0.2) is 9.69 Å². The zero-order valence-corrected chi connectivity index (χ0v) is 20.6. The van der Waals surface area contributed by atoms with Gasteiger partial charge in [0.15, 0.2) is 0 Å². The van der Waals surface area contributed by atoms with Crippen LogP contribution in [0.3, 0.4) is 0 Å². The third-order valence-electron chi connectivity index (χ3n) is 8.18. The number of hydrogen-bond acceptors (Lipinski definition) is 4. The fourth-order valence-corrected chi connectivity index (χ4v) is 6.65. The van der Waals surface area contributed by atoms with Crippen molar-refractivity contribution in [3.8, 4) is 0 Å². The van der Waals surface area contributed by atoms with Gasteiger partial charge in [0.1, 0.15) is 0 Å². The molecule has 2 N–H and O–H groups in total. The molecule has 0 unspecified atom stereocenters. The Morgan fingerprint density at radius 2 is 1.15 bits per heavy atom. The summed E-state index contributed by atoms with van der Waals surface area (Å²) in [4.78, 5) is 53.5. The van der Waals surface area contributed by atoms with Crippen molar-refractivity contribution in [1.82, 2.24) is 0 Å². The summed E-state index contributed by atoms with van der Waals surface area (Å²) in [6.07, 6.45) is 0. The molecule has 4 aliphatic rings. The van der Waals surface area contributed by atoms with E-state index < -0.39 is 23.7 Å². The highest BCUT2D eigenvalue weighted by Gasteiger charge is 2.61. The van der Waals surface area contributed by atoms with Gasteiger partial charge in [-0.05, 0) is 58.7 Å². The largest absolute Gasteiger partial charge is 0.478 e. The van der Waals surface area contributed by atoms with Crippen LogP contribution in [0.1, 0.15) is 54.8 Å². The van der Waals surface area contributed by atoms with Crippen LogP contribution in [0.5, 0.6) is 0 Å². The first-order chi connectivity index (χ1) is 18.9. The minimum absolute atomic E-state index is 0.0500. The molecule has 3 aliphatic carbocycles. The highest BCUT2D eigenvalue weighted by Crippen LogP contribution is 2.61. The van der Waals surface area contributed by atoms with Gasteiger partial charge in [-0.3, -0.25) is 14.4 Å². The molecule has 1 saturated heterocycles. The summed E-state index contributed by atoms with van der Waals surface area (Å²) in [5, 5.41) is 11.9. The van der Waals surface area contributed by atoms with Crippen molar-refractivity contribution in [2.45, 2.75) is 11.8 Å². The number of carboxylic acids is 1. The first kappa shape index (κ1) is 23.1. The lowest BCUT2D eigenvalue weighted by Gasteiger charge is -2.45. The summed E-state index contributed by atoms with van der Waals surface area (Å²) < 4.78 is 0. The summed E-state index contributed by atoms with van der Waals surface area (Å²) in [7, 11) is 0. The second-order valence-corrected chi connectivity index (χ2v) is 10.2. The lowest BCUT2D eigenvalue weighted by atomic mass is 9.55. The predicted octanol–water partition coefficient (Wildman–Crippen LogP) is 5.03. The summed E-state index contributed by atoms with van der Waals surface area (Å²) in [6.45, 7) is 0. The molecule has 3 amide bonds. The highest BCUT2D eigenvalue weighted by molar-refractivity contribution is 6.23. The molecule has 8 rings (SSSR count). The van der Waals surface area contributed by atoms with Crippen molar-refractivity contribution in [3.63, 3.8) is 0 Å². The minimum Gasteiger partial charge on any atom is -0.478 e. The maximum Gasteiger partial charge on any atom is 0.335 e. The van der Waals surface area contributed by atoms with E-state index in [-0.39, 0.29) is 34.8 Å². The molecule has 2 bridgehead atoms. The standard InChI is InChI=1S/C32H22N2O5/c35-29(33-19-9-5-8-18(15-19)32(38)39)17-7-6-10-20(16-17)34-30(36)27-25-21-11-1-2-12-22(21)26(28(27)31(34)37)24-14-4-3-13-23(24)25/h1-16,25-28H,(H,33,35)(H,38,39)/t25?,26?,27-,28+. The number of amides is 3. The smallest absolute Gasteiger partial charge is 0.335 e. The Kier molecular flexibility index (Phi) is 5.03. The minimum atomic E-state index is -1.10. The third-order valence-corrected chi connectivity index (χ3v) is 8.18. The molecule has 2 atom stereocenters. The number of imide groups is 1. The van der Waals surface area contributed by atoms with Crippen molar-refractivity contribution >= 4 is 35.1 Å². The maximum absolute atomic E-state index is 14.0. The lowest BCUT2D eigenvalue weighted by molar-refractivity contribution is -0.122. The van der Waals surface area contributed by atoms with Crippen LogP contribution in [0.15, 0.2) is 97.1 Å². The Balaban J connectivity index is 1.24. The lowest BCUT2D eigenvalue weighted by Crippen LogP contribution is -2.41. The Morgan fingerprint density at radius 1 is 0.641 bits per heavy atom. The van der Waals surface area contributed by atoms with Crippen LogP contribution in [0.4, 0.5) is 11.4 Å².